The molecule has 0 aromatic heterocycles. The van der Waals surface area contributed by atoms with Crippen molar-refractivity contribution < 1.29 is 18.0 Å². The van der Waals surface area contributed by atoms with E-state index in [0.29, 0.717) is 11.3 Å². The van der Waals surface area contributed by atoms with Crippen LogP contribution in [-0.4, -0.2) is 20.2 Å². The second-order valence-electron chi connectivity index (χ2n) is 7.48. The summed E-state index contributed by atoms with van der Waals surface area (Å²) in [4.78, 5) is 24.3. The van der Waals surface area contributed by atoms with Crippen molar-refractivity contribution in [2.45, 2.75) is 31.2 Å². The van der Waals surface area contributed by atoms with Gasteiger partial charge in [0.2, 0.25) is 11.8 Å². The van der Waals surface area contributed by atoms with Gasteiger partial charge in [-0.15, -0.1) is 0 Å². The second kappa shape index (κ2) is 10.5. The molecule has 0 aliphatic carbocycles. The Hall–Kier alpha value is -3.36. The smallest absolute Gasteiger partial charge is 0.262 e. The predicted octanol–water partition coefficient (Wildman–Crippen LogP) is 4.66. The van der Waals surface area contributed by atoms with Gasteiger partial charge in [-0.25, -0.2) is 8.42 Å². The minimum atomic E-state index is -3.95. The third-order valence-corrected chi connectivity index (χ3v) is 6.69. The SMILES string of the molecule is CC(=O)NC(CC(=O)Nc1ccc(C)c(S(=O)(=O)Nc2ccccc2Cl)c1)c1ccccc1. The standard InChI is InChI=1S/C24H24ClN3O4S/c1-16-12-13-19(14-23(16)33(31,32)28-21-11-7-6-10-20(21)25)27-24(30)15-22(26-17(2)29)18-8-4-3-5-9-18/h3-14,22,28H,15H2,1-2H3,(H,26,29)(H,27,30). The molecule has 33 heavy (non-hydrogen) atoms. The van der Waals surface area contributed by atoms with Gasteiger partial charge in [-0.2, -0.15) is 0 Å². The molecule has 172 valence electrons. The molecule has 3 aromatic rings. The molecule has 1 atom stereocenters. The summed E-state index contributed by atoms with van der Waals surface area (Å²) in [7, 11) is -3.95. The molecule has 9 heteroatoms. The Morgan fingerprint density at radius 2 is 1.64 bits per heavy atom. The Kier molecular flexibility index (Phi) is 7.73. The molecule has 0 bridgehead atoms. The number of amides is 2. The van der Waals surface area contributed by atoms with Gasteiger partial charge in [0.25, 0.3) is 10.0 Å². The van der Waals surface area contributed by atoms with Gasteiger partial charge < -0.3 is 10.6 Å². The fraction of sp³-hybridized carbons (Fsp3) is 0.167. The zero-order chi connectivity index (χ0) is 24.0. The van der Waals surface area contributed by atoms with E-state index in [1.54, 1.807) is 43.3 Å². The molecule has 0 spiro atoms. The number of para-hydroxylation sites is 1. The monoisotopic (exact) mass is 485 g/mol. The zero-order valence-corrected chi connectivity index (χ0v) is 19.7. The summed E-state index contributed by atoms with van der Waals surface area (Å²) >= 11 is 6.08. The van der Waals surface area contributed by atoms with Crippen molar-refractivity contribution in [3.8, 4) is 0 Å². The van der Waals surface area contributed by atoms with E-state index in [0.717, 1.165) is 5.56 Å². The molecule has 0 fully saturated rings. The Morgan fingerprint density at radius 3 is 2.30 bits per heavy atom. The maximum absolute atomic E-state index is 13.0. The van der Waals surface area contributed by atoms with Crippen LogP contribution in [0.5, 0.6) is 0 Å². The van der Waals surface area contributed by atoms with Gasteiger partial charge in [-0.3, -0.25) is 14.3 Å². The molecular weight excluding hydrogens is 462 g/mol. The molecule has 7 nitrogen and oxygen atoms in total. The van der Waals surface area contributed by atoms with E-state index in [-0.39, 0.29) is 33.8 Å². The van der Waals surface area contributed by atoms with Crippen LogP contribution >= 0.6 is 11.6 Å². The number of benzene rings is 3. The number of halogens is 1. The molecule has 0 saturated carbocycles. The number of rotatable bonds is 8. The summed E-state index contributed by atoms with van der Waals surface area (Å²) in [6, 6.07) is 19.8. The van der Waals surface area contributed by atoms with E-state index >= 15 is 0 Å². The van der Waals surface area contributed by atoms with Crippen molar-refractivity contribution in [3.63, 3.8) is 0 Å². The Labute approximate surface area is 198 Å². The second-order valence-corrected chi connectivity index (χ2v) is 9.54. The van der Waals surface area contributed by atoms with Gasteiger partial charge in [0.05, 0.1) is 28.1 Å². The van der Waals surface area contributed by atoms with Crippen LogP contribution in [0.1, 0.15) is 30.5 Å². The summed E-state index contributed by atoms with van der Waals surface area (Å²) in [5.74, 6) is -0.630. The van der Waals surface area contributed by atoms with Crippen molar-refractivity contribution in [1.82, 2.24) is 5.32 Å². The van der Waals surface area contributed by atoms with Crippen LogP contribution in [0.15, 0.2) is 77.7 Å². The van der Waals surface area contributed by atoms with Crippen LogP contribution in [0, 0.1) is 6.92 Å². The number of sulfonamides is 1. The zero-order valence-electron chi connectivity index (χ0n) is 18.1. The first-order chi connectivity index (χ1) is 15.7. The topological polar surface area (TPSA) is 104 Å². The third kappa shape index (κ3) is 6.57. The largest absolute Gasteiger partial charge is 0.349 e. The van der Waals surface area contributed by atoms with E-state index < -0.39 is 16.1 Å². The Bertz CT molecular complexity index is 1260. The number of nitrogens with one attached hydrogen (secondary N) is 3. The van der Waals surface area contributed by atoms with Gasteiger partial charge in [0.15, 0.2) is 0 Å². The lowest BCUT2D eigenvalue weighted by molar-refractivity contribution is -0.120. The van der Waals surface area contributed by atoms with Crippen molar-refractivity contribution in [3.05, 3.63) is 88.9 Å². The summed E-state index contributed by atoms with van der Waals surface area (Å²) in [5, 5.41) is 5.77. The molecule has 3 rings (SSSR count). The highest BCUT2D eigenvalue weighted by Crippen LogP contribution is 2.27. The average molecular weight is 486 g/mol. The molecular formula is C24H24ClN3O4S. The maximum atomic E-state index is 13.0. The van der Waals surface area contributed by atoms with Crippen LogP contribution in [0.4, 0.5) is 11.4 Å². The lowest BCUT2D eigenvalue weighted by Crippen LogP contribution is -2.29. The molecule has 0 radical (unpaired) electrons. The van der Waals surface area contributed by atoms with E-state index in [2.05, 4.69) is 15.4 Å². The van der Waals surface area contributed by atoms with Crippen LogP contribution in [-0.2, 0) is 19.6 Å². The van der Waals surface area contributed by atoms with E-state index in [1.165, 1.54) is 13.0 Å². The molecule has 2 amide bonds. The van der Waals surface area contributed by atoms with Gasteiger partial charge in [0, 0.05) is 12.6 Å². The van der Waals surface area contributed by atoms with Crippen LogP contribution in [0.3, 0.4) is 0 Å². The number of carbonyl (C=O) groups excluding carboxylic acids is 2. The normalized spacial score (nSPS) is 12.0. The predicted molar refractivity (Wildman–Crippen MR) is 130 cm³/mol. The first-order valence-corrected chi connectivity index (χ1v) is 12.0. The van der Waals surface area contributed by atoms with Crippen LogP contribution < -0.4 is 15.4 Å². The molecule has 0 heterocycles. The molecule has 3 aromatic carbocycles. The van der Waals surface area contributed by atoms with Gasteiger partial charge in [-0.1, -0.05) is 60.1 Å². The average Bonchev–Trinajstić information content (AvgIpc) is 2.76. The Balaban J connectivity index is 1.79. The third-order valence-electron chi connectivity index (χ3n) is 4.85. The first kappa shape index (κ1) is 24.3. The highest BCUT2D eigenvalue weighted by atomic mass is 35.5. The maximum Gasteiger partial charge on any atom is 0.262 e. The first-order valence-electron chi connectivity index (χ1n) is 10.2. The molecule has 1 unspecified atom stereocenters. The van der Waals surface area contributed by atoms with Crippen molar-refractivity contribution in [1.29, 1.82) is 0 Å². The summed E-state index contributed by atoms with van der Waals surface area (Å²) in [6.07, 6.45) is -0.0164. The quantitative estimate of drug-likeness (QED) is 0.431. The minimum Gasteiger partial charge on any atom is -0.349 e. The van der Waals surface area contributed by atoms with Gasteiger partial charge >= 0.3 is 0 Å². The molecule has 3 N–H and O–H groups in total. The van der Waals surface area contributed by atoms with Gasteiger partial charge in [0.1, 0.15) is 0 Å². The Morgan fingerprint density at radius 1 is 0.970 bits per heavy atom. The van der Waals surface area contributed by atoms with E-state index in [1.807, 2.05) is 30.3 Å². The van der Waals surface area contributed by atoms with Crippen LogP contribution in [0.25, 0.3) is 0 Å². The summed E-state index contributed by atoms with van der Waals surface area (Å²) in [5.41, 5.74) is 1.88. The molecule has 0 aliphatic heterocycles. The highest BCUT2D eigenvalue weighted by Gasteiger charge is 2.21. The van der Waals surface area contributed by atoms with E-state index in [4.69, 9.17) is 11.6 Å². The fourth-order valence-electron chi connectivity index (χ4n) is 3.29. The summed E-state index contributed by atoms with van der Waals surface area (Å²) in [6.45, 7) is 3.05. The minimum absolute atomic E-state index is 0.0155. The molecule has 0 aliphatic rings. The number of hydrogen-bond donors (Lipinski definition) is 3. The number of anilines is 2. The van der Waals surface area contributed by atoms with Crippen molar-refractivity contribution in [2.75, 3.05) is 10.0 Å². The van der Waals surface area contributed by atoms with E-state index in [9.17, 15) is 18.0 Å². The van der Waals surface area contributed by atoms with Crippen molar-refractivity contribution in [2.24, 2.45) is 0 Å². The van der Waals surface area contributed by atoms with Gasteiger partial charge in [-0.05, 0) is 42.3 Å². The van der Waals surface area contributed by atoms with Crippen molar-refractivity contribution >= 4 is 44.8 Å². The van der Waals surface area contributed by atoms with Crippen LogP contribution in [0.2, 0.25) is 5.02 Å². The molecule has 0 saturated heterocycles. The number of carbonyl (C=O) groups is 2. The number of hydrogen-bond acceptors (Lipinski definition) is 4. The lowest BCUT2D eigenvalue weighted by Gasteiger charge is -2.18. The lowest BCUT2D eigenvalue weighted by atomic mass is 10.0. The summed E-state index contributed by atoms with van der Waals surface area (Å²) < 4.78 is 28.4. The highest BCUT2D eigenvalue weighted by molar-refractivity contribution is 7.92. The number of aryl methyl sites for hydroxylation is 1. The fourth-order valence-corrected chi connectivity index (χ4v) is 4.88.